The summed E-state index contributed by atoms with van der Waals surface area (Å²) in [6.07, 6.45) is 4.14. The van der Waals surface area contributed by atoms with Gasteiger partial charge in [-0.25, -0.2) is 4.98 Å². The molecule has 3 aromatic rings. The van der Waals surface area contributed by atoms with E-state index in [9.17, 15) is 4.79 Å². The molecule has 0 N–H and O–H groups in total. The lowest BCUT2D eigenvalue weighted by Crippen LogP contribution is -2.46. The Morgan fingerprint density at radius 2 is 1.96 bits per heavy atom. The maximum absolute atomic E-state index is 12.2. The molecule has 0 spiro atoms. The third-order valence-corrected chi connectivity index (χ3v) is 6.48. The van der Waals surface area contributed by atoms with Crippen LogP contribution in [-0.4, -0.2) is 50.8 Å². The topological polar surface area (TPSA) is 67.2 Å². The molecule has 2 aromatic heterocycles. The van der Waals surface area contributed by atoms with E-state index in [-0.39, 0.29) is 5.56 Å². The van der Waals surface area contributed by atoms with Crippen molar-refractivity contribution in [1.29, 1.82) is 0 Å². The van der Waals surface area contributed by atoms with Crippen LogP contribution in [0.25, 0.3) is 10.9 Å². The summed E-state index contributed by atoms with van der Waals surface area (Å²) >= 11 is 1.78. The second kappa shape index (κ2) is 6.69. The number of aromatic nitrogens is 4. The summed E-state index contributed by atoms with van der Waals surface area (Å²) < 4.78 is 1.52. The molecule has 1 aliphatic carbocycles. The van der Waals surface area contributed by atoms with Crippen molar-refractivity contribution >= 4 is 27.9 Å². The molecule has 0 bridgehead atoms. The summed E-state index contributed by atoms with van der Waals surface area (Å²) in [6, 6.07) is 5.96. The summed E-state index contributed by atoms with van der Waals surface area (Å²) in [5.74, 6) is 0.687. The molecule has 3 heterocycles. The zero-order valence-corrected chi connectivity index (χ0v) is 16.2. The van der Waals surface area contributed by atoms with E-state index in [1.54, 1.807) is 24.7 Å². The van der Waals surface area contributed by atoms with Gasteiger partial charge in [0, 0.05) is 44.8 Å². The molecule has 0 radical (unpaired) electrons. The molecule has 0 amide bonds. The van der Waals surface area contributed by atoms with Crippen molar-refractivity contribution in [2.75, 3.05) is 31.1 Å². The van der Waals surface area contributed by atoms with Crippen LogP contribution in [0.5, 0.6) is 0 Å². The van der Waals surface area contributed by atoms with Gasteiger partial charge in [0.05, 0.1) is 23.8 Å². The van der Waals surface area contributed by atoms with Gasteiger partial charge in [0.15, 0.2) is 0 Å². The summed E-state index contributed by atoms with van der Waals surface area (Å²) in [5.41, 5.74) is 1.90. The second-order valence-corrected chi connectivity index (χ2v) is 8.53. The van der Waals surface area contributed by atoms with Gasteiger partial charge >= 0.3 is 0 Å². The minimum Gasteiger partial charge on any atom is -0.369 e. The Kier molecular flexibility index (Phi) is 4.17. The van der Waals surface area contributed by atoms with Crippen LogP contribution < -0.4 is 10.5 Å². The number of fused-ring (bicyclic) bond motifs is 1. The van der Waals surface area contributed by atoms with E-state index in [0.717, 1.165) is 48.9 Å². The van der Waals surface area contributed by atoms with E-state index in [1.807, 2.05) is 18.2 Å². The van der Waals surface area contributed by atoms with Gasteiger partial charge in [0.1, 0.15) is 10.0 Å². The fourth-order valence-corrected chi connectivity index (χ4v) is 4.63. The monoisotopic (exact) mass is 382 g/mol. The Balaban J connectivity index is 1.25. The van der Waals surface area contributed by atoms with Gasteiger partial charge in [0.25, 0.3) is 5.56 Å². The minimum atomic E-state index is -0.000932. The highest BCUT2D eigenvalue weighted by Crippen LogP contribution is 2.41. The smallest absolute Gasteiger partial charge is 0.260 e. The van der Waals surface area contributed by atoms with Crippen LogP contribution >= 0.6 is 11.3 Å². The molecule has 0 unspecified atom stereocenters. The lowest BCUT2D eigenvalue weighted by Gasteiger charge is -2.35. The van der Waals surface area contributed by atoms with E-state index in [2.05, 4.69) is 25.0 Å². The quantitative estimate of drug-likeness (QED) is 0.687. The van der Waals surface area contributed by atoms with Crippen LogP contribution in [0.15, 0.2) is 29.3 Å². The minimum absolute atomic E-state index is 0.000932. The number of benzene rings is 1. The SMILES string of the molecule is Cn1cnc2cc(N3CCN(Cc4nnc(C5CC5)s4)CC3)ccc2c1=O. The van der Waals surface area contributed by atoms with Gasteiger partial charge in [0.2, 0.25) is 0 Å². The number of hydrogen-bond acceptors (Lipinski definition) is 7. The molecule has 2 fully saturated rings. The van der Waals surface area contributed by atoms with Crippen LogP contribution in [0.1, 0.15) is 28.8 Å². The van der Waals surface area contributed by atoms with Crippen molar-refractivity contribution < 1.29 is 0 Å². The molecule has 7 nitrogen and oxygen atoms in total. The first-order valence-electron chi connectivity index (χ1n) is 9.42. The third-order valence-electron chi connectivity index (χ3n) is 5.41. The van der Waals surface area contributed by atoms with Gasteiger partial charge in [-0.2, -0.15) is 0 Å². The van der Waals surface area contributed by atoms with Gasteiger partial charge in [-0.3, -0.25) is 9.69 Å². The first kappa shape index (κ1) is 16.8. The molecule has 8 heteroatoms. The maximum Gasteiger partial charge on any atom is 0.260 e. The van der Waals surface area contributed by atoms with Gasteiger partial charge < -0.3 is 9.47 Å². The highest BCUT2D eigenvalue weighted by Gasteiger charge is 2.28. The number of anilines is 1. The summed E-state index contributed by atoms with van der Waals surface area (Å²) in [6.45, 7) is 4.82. The van der Waals surface area contributed by atoms with E-state index < -0.39 is 0 Å². The van der Waals surface area contributed by atoms with Crippen molar-refractivity contribution in [2.24, 2.45) is 7.05 Å². The molecular formula is C19H22N6OS. The Bertz CT molecular complexity index is 1030. The zero-order chi connectivity index (χ0) is 18.4. The number of piperazine rings is 1. The predicted molar refractivity (Wildman–Crippen MR) is 106 cm³/mol. The van der Waals surface area contributed by atoms with Gasteiger partial charge in [-0.1, -0.05) is 11.3 Å². The fourth-order valence-electron chi connectivity index (χ4n) is 3.58. The molecule has 5 rings (SSSR count). The highest BCUT2D eigenvalue weighted by molar-refractivity contribution is 7.11. The first-order valence-corrected chi connectivity index (χ1v) is 10.2. The molecule has 1 saturated heterocycles. The standard InChI is InChI=1S/C19H22N6OS/c1-23-12-20-16-10-14(4-5-15(16)19(23)26)25-8-6-24(7-9-25)11-17-21-22-18(27-17)13-2-3-13/h4-5,10,12-13H,2-3,6-9,11H2,1H3. The van der Waals surface area contributed by atoms with Crippen molar-refractivity contribution in [3.05, 3.63) is 44.9 Å². The number of hydrogen-bond donors (Lipinski definition) is 0. The maximum atomic E-state index is 12.2. The normalized spacial score (nSPS) is 18.3. The van der Waals surface area contributed by atoms with E-state index in [4.69, 9.17) is 0 Å². The highest BCUT2D eigenvalue weighted by atomic mass is 32.1. The lowest BCUT2D eigenvalue weighted by molar-refractivity contribution is 0.249. The predicted octanol–water partition coefficient (Wildman–Crippen LogP) is 1.98. The molecule has 27 heavy (non-hydrogen) atoms. The van der Waals surface area contributed by atoms with E-state index in [1.165, 1.54) is 22.4 Å². The lowest BCUT2D eigenvalue weighted by atomic mass is 10.2. The third kappa shape index (κ3) is 3.35. The van der Waals surface area contributed by atoms with Crippen LogP contribution in [0.3, 0.4) is 0 Å². The molecule has 0 atom stereocenters. The molecule has 2 aliphatic rings. The summed E-state index contributed by atoms with van der Waals surface area (Å²) in [5, 5.41) is 11.7. The summed E-state index contributed by atoms with van der Waals surface area (Å²) in [4.78, 5) is 21.4. The van der Waals surface area contributed by atoms with Crippen molar-refractivity contribution in [1.82, 2.24) is 24.6 Å². The Morgan fingerprint density at radius 3 is 2.74 bits per heavy atom. The average Bonchev–Trinajstić information content (AvgIpc) is 3.45. The van der Waals surface area contributed by atoms with Crippen LogP contribution in [0.2, 0.25) is 0 Å². The van der Waals surface area contributed by atoms with Crippen LogP contribution in [-0.2, 0) is 13.6 Å². The van der Waals surface area contributed by atoms with E-state index >= 15 is 0 Å². The van der Waals surface area contributed by atoms with Crippen molar-refractivity contribution in [2.45, 2.75) is 25.3 Å². The molecule has 1 aliphatic heterocycles. The number of rotatable bonds is 4. The van der Waals surface area contributed by atoms with Crippen LogP contribution in [0.4, 0.5) is 5.69 Å². The largest absolute Gasteiger partial charge is 0.369 e. The second-order valence-electron chi connectivity index (χ2n) is 7.43. The van der Waals surface area contributed by atoms with Crippen molar-refractivity contribution in [3.63, 3.8) is 0 Å². The van der Waals surface area contributed by atoms with Crippen molar-refractivity contribution in [3.8, 4) is 0 Å². The Morgan fingerprint density at radius 1 is 1.15 bits per heavy atom. The molecule has 1 saturated carbocycles. The van der Waals surface area contributed by atoms with Gasteiger partial charge in [-0.15, -0.1) is 10.2 Å². The first-order chi connectivity index (χ1) is 13.2. The Hall–Kier alpha value is -2.32. The number of aryl methyl sites for hydroxylation is 1. The average molecular weight is 382 g/mol. The number of nitrogens with zero attached hydrogens (tertiary/aromatic N) is 6. The zero-order valence-electron chi connectivity index (χ0n) is 15.3. The Labute approximate surface area is 161 Å². The van der Waals surface area contributed by atoms with E-state index in [0.29, 0.717) is 11.3 Å². The van der Waals surface area contributed by atoms with Crippen LogP contribution in [0, 0.1) is 0 Å². The van der Waals surface area contributed by atoms with Gasteiger partial charge in [-0.05, 0) is 31.0 Å². The molecule has 140 valence electrons. The molecular weight excluding hydrogens is 360 g/mol. The fraction of sp³-hybridized carbons (Fsp3) is 0.474. The summed E-state index contributed by atoms with van der Waals surface area (Å²) in [7, 11) is 1.73. The molecule has 1 aromatic carbocycles.